The van der Waals surface area contributed by atoms with Gasteiger partial charge >= 0.3 is 0 Å². The molecule has 6 heteroatoms. The van der Waals surface area contributed by atoms with Gasteiger partial charge in [0, 0.05) is 6.54 Å². The Morgan fingerprint density at radius 3 is 2.53 bits per heavy atom. The molecule has 0 amide bonds. The van der Waals surface area contributed by atoms with Crippen LogP contribution < -0.4 is 15.2 Å². The van der Waals surface area contributed by atoms with Crippen molar-refractivity contribution in [3.63, 3.8) is 0 Å². The van der Waals surface area contributed by atoms with Crippen molar-refractivity contribution < 1.29 is 9.47 Å². The second-order valence-corrected chi connectivity index (χ2v) is 4.22. The third-order valence-electron chi connectivity index (χ3n) is 1.94. The van der Waals surface area contributed by atoms with E-state index in [4.69, 9.17) is 15.2 Å². The summed E-state index contributed by atoms with van der Waals surface area (Å²) >= 11 is 0. The van der Waals surface area contributed by atoms with Crippen molar-refractivity contribution in [3.05, 3.63) is 6.33 Å². The van der Waals surface area contributed by atoms with Crippen LogP contribution >= 0.6 is 0 Å². The van der Waals surface area contributed by atoms with E-state index < -0.39 is 0 Å². The number of aromatic nitrogens is 2. The van der Waals surface area contributed by atoms with Crippen LogP contribution in [0.5, 0.6) is 11.8 Å². The van der Waals surface area contributed by atoms with Crippen LogP contribution in [0, 0.1) is 0 Å². The molecule has 0 atom stereocenters. The molecule has 17 heavy (non-hydrogen) atoms. The second-order valence-electron chi connectivity index (χ2n) is 4.22. The highest BCUT2D eigenvalue weighted by atomic mass is 16.5. The van der Waals surface area contributed by atoms with Crippen molar-refractivity contribution in [2.45, 2.75) is 20.0 Å². The minimum Gasteiger partial charge on any atom is -0.475 e. The second kappa shape index (κ2) is 6.24. The standard InChI is InChI=1S/C11H20N4O2/c1-8(2)17-11-9(12)10(13-7-14-11)16-6-5-15(3)4/h7-8H,5-6,12H2,1-4H3. The first-order valence-corrected chi connectivity index (χ1v) is 5.55. The Morgan fingerprint density at radius 2 is 1.94 bits per heavy atom. The third kappa shape index (κ3) is 4.44. The minimum absolute atomic E-state index is 0.0156. The van der Waals surface area contributed by atoms with E-state index in [9.17, 15) is 0 Å². The lowest BCUT2D eigenvalue weighted by Crippen LogP contribution is -2.20. The molecule has 0 bridgehead atoms. The summed E-state index contributed by atoms with van der Waals surface area (Å²) in [7, 11) is 3.94. The summed E-state index contributed by atoms with van der Waals surface area (Å²) in [6.07, 6.45) is 1.40. The third-order valence-corrected chi connectivity index (χ3v) is 1.94. The molecule has 0 aliphatic carbocycles. The van der Waals surface area contributed by atoms with Gasteiger partial charge in [-0.1, -0.05) is 0 Å². The molecule has 0 aliphatic rings. The fraction of sp³-hybridized carbons (Fsp3) is 0.636. The lowest BCUT2D eigenvalue weighted by Gasteiger charge is -2.14. The molecule has 1 rings (SSSR count). The summed E-state index contributed by atoms with van der Waals surface area (Å²) in [5.74, 6) is 0.743. The summed E-state index contributed by atoms with van der Waals surface area (Å²) < 4.78 is 10.9. The first-order chi connectivity index (χ1) is 8.00. The predicted molar refractivity (Wildman–Crippen MR) is 66.3 cm³/mol. The van der Waals surface area contributed by atoms with E-state index in [0.717, 1.165) is 6.54 Å². The van der Waals surface area contributed by atoms with E-state index in [1.165, 1.54) is 6.33 Å². The smallest absolute Gasteiger partial charge is 0.244 e. The summed E-state index contributed by atoms with van der Waals surface area (Å²) in [4.78, 5) is 9.98. The number of nitrogens with two attached hydrogens (primary N) is 1. The molecule has 2 N–H and O–H groups in total. The van der Waals surface area contributed by atoms with Gasteiger partial charge in [0.2, 0.25) is 11.8 Å². The molecule has 1 aromatic heterocycles. The average molecular weight is 240 g/mol. The maximum Gasteiger partial charge on any atom is 0.244 e. The maximum absolute atomic E-state index is 5.86. The zero-order valence-electron chi connectivity index (χ0n) is 10.8. The molecule has 0 fully saturated rings. The van der Waals surface area contributed by atoms with Gasteiger partial charge in [-0.3, -0.25) is 0 Å². The Morgan fingerprint density at radius 1 is 1.29 bits per heavy atom. The van der Waals surface area contributed by atoms with Crippen molar-refractivity contribution in [3.8, 4) is 11.8 Å². The molecule has 1 heterocycles. The number of anilines is 1. The molecule has 0 saturated carbocycles. The van der Waals surface area contributed by atoms with Gasteiger partial charge < -0.3 is 20.1 Å². The van der Waals surface area contributed by atoms with Crippen molar-refractivity contribution in [2.24, 2.45) is 0 Å². The van der Waals surface area contributed by atoms with E-state index in [-0.39, 0.29) is 6.10 Å². The Kier molecular flexibility index (Phi) is 4.96. The van der Waals surface area contributed by atoms with Gasteiger partial charge in [0.1, 0.15) is 12.9 Å². The van der Waals surface area contributed by atoms with Crippen LogP contribution in [0.25, 0.3) is 0 Å². The zero-order valence-corrected chi connectivity index (χ0v) is 10.8. The van der Waals surface area contributed by atoms with Crippen LogP contribution in [-0.2, 0) is 0 Å². The first-order valence-electron chi connectivity index (χ1n) is 5.55. The van der Waals surface area contributed by atoms with Gasteiger partial charge in [-0.25, -0.2) is 0 Å². The van der Waals surface area contributed by atoms with Crippen LogP contribution in [0.2, 0.25) is 0 Å². The maximum atomic E-state index is 5.86. The van der Waals surface area contributed by atoms with Crippen LogP contribution in [0.3, 0.4) is 0 Å². The van der Waals surface area contributed by atoms with Crippen molar-refractivity contribution in [1.29, 1.82) is 0 Å². The molecule has 6 nitrogen and oxygen atoms in total. The van der Waals surface area contributed by atoms with Gasteiger partial charge in [0.25, 0.3) is 0 Å². The quantitative estimate of drug-likeness (QED) is 0.792. The normalized spacial score (nSPS) is 10.9. The molecular formula is C11H20N4O2. The van der Waals surface area contributed by atoms with E-state index in [0.29, 0.717) is 24.1 Å². The van der Waals surface area contributed by atoms with Crippen molar-refractivity contribution in [2.75, 3.05) is 33.0 Å². The van der Waals surface area contributed by atoms with Crippen molar-refractivity contribution >= 4 is 5.69 Å². The van der Waals surface area contributed by atoms with Crippen LogP contribution in [0.4, 0.5) is 5.69 Å². The summed E-state index contributed by atoms with van der Waals surface area (Å²) in [5, 5.41) is 0. The number of ether oxygens (including phenoxy) is 2. The van der Waals surface area contributed by atoms with Gasteiger partial charge in [0.05, 0.1) is 6.10 Å². The summed E-state index contributed by atoms with van der Waals surface area (Å²) in [5.41, 5.74) is 6.21. The SMILES string of the molecule is CC(C)Oc1ncnc(OCCN(C)C)c1N. The molecule has 0 spiro atoms. The minimum atomic E-state index is 0.0156. The largest absolute Gasteiger partial charge is 0.475 e. The molecule has 0 aromatic carbocycles. The zero-order chi connectivity index (χ0) is 12.8. The molecular weight excluding hydrogens is 220 g/mol. The van der Waals surface area contributed by atoms with Gasteiger partial charge in [0.15, 0.2) is 5.69 Å². The van der Waals surface area contributed by atoms with E-state index in [2.05, 4.69) is 9.97 Å². The highest BCUT2D eigenvalue weighted by Crippen LogP contribution is 2.27. The van der Waals surface area contributed by atoms with Gasteiger partial charge in [-0.2, -0.15) is 9.97 Å². The number of likely N-dealkylation sites (N-methyl/N-ethyl adjacent to an activating group) is 1. The fourth-order valence-corrected chi connectivity index (χ4v) is 1.12. The fourth-order valence-electron chi connectivity index (χ4n) is 1.12. The highest BCUT2D eigenvalue weighted by Gasteiger charge is 2.11. The molecule has 0 radical (unpaired) electrons. The first kappa shape index (κ1) is 13.5. The number of nitrogens with zero attached hydrogens (tertiary/aromatic N) is 3. The summed E-state index contributed by atoms with van der Waals surface area (Å²) in [6.45, 7) is 5.14. The highest BCUT2D eigenvalue weighted by molar-refractivity contribution is 5.55. The van der Waals surface area contributed by atoms with E-state index in [1.807, 2.05) is 32.8 Å². The Labute approximate surface area is 102 Å². The Hall–Kier alpha value is -1.56. The topological polar surface area (TPSA) is 73.5 Å². The van der Waals surface area contributed by atoms with Crippen LogP contribution in [-0.4, -0.2) is 48.2 Å². The van der Waals surface area contributed by atoms with Gasteiger partial charge in [-0.05, 0) is 27.9 Å². The lowest BCUT2D eigenvalue weighted by atomic mass is 10.4. The number of nitrogen functional groups attached to an aromatic ring is 1. The summed E-state index contributed by atoms with van der Waals surface area (Å²) in [6, 6.07) is 0. The number of hydrogen-bond acceptors (Lipinski definition) is 6. The Balaban J connectivity index is 2.66. The molecule has 96 valence electrons. The molecule has 0 unspecified atom stereocenters. The van der Waals surface area contributed by atoms with Crippen LogP contribution in [0.1, 0.15) is 13.8 Å². The van der Waals surface area contributed by atoms with E-state index in [1.54, 1.807) is 0 Å². The molecule has 1 aromatic rings. The number of rotatable bonds is 6. The molecule has 0 aliphatic heterocycles. The molecule has 0 saturated heterocycles. The van der Waals surface area contributed by atoms with E-state index >= 15 is 0 Å². The predicted octanol–water partition coefficient (Wildman–Crippen LogP) is 0.786. The monoisotopic (exact) mass is 240 g/mol. The van der Waals surface area contributed by atoms with Crippen molar-refractivity contribution in [1.82, 2.24) is 14.9 Å². The lowest BCUT2D eigenvalue weighted by molar-refractivity contribution is 0.227. The van der Waals surface area contributed by atoms with Gasteiger partial charge in [-0.15, -0.1) is 0 Å². The van der Waals surface area contributed by atoms with Crippen LogP contribution in [0.15, 0.2) is 6.33 Å². The average Bonchev–Trinajstić information content (AvgIpc) is 2.22. The Bertz CT molecular complexity index is 355. The number of hydrogen-bond donors (Lipinski definition) is 1.